The zero-order valence-electron chi connectivity index (χ0n) is 18.7. The van der Waals surface area contributed by atoms with E-state index in [0.717, 1.165) is 5.39 Å². The summed E-state index contributed by atoms with van der Waals surface area (Å²) < 4.78 is 13.1. The molecule has 0 aliphatic rings. The van der Waals surface area contributed by atoms with Crippen LogP contribution in [0, 0.1) is 0 Å². The Morgan fingerprint density at radius 3 is 2.78 bits per heavy atom. The standard InChI is InChI=1S/C26H17BrClN3O5/c1-14(26(33)34)35-22-8-6-15(10-19(22)27)13-29-31-24(30-20-5-3-2-4-18(20)25(31)32)23-12-16-11-17(28)7-9-21(16)36-23/h2-14H,1H3,(H,33,34)/t14-/m0/s1. The molecule has 36 heavy (non-hydrogen) atoms. The number of aliphatic carboxylic acids is 1. The highest BCUT2D eigenvalue weighted by atomic mass is 79.9. The maximum atomic E-state index is 13.4. The van der Waals surface area contributed by atoms with Gasteiger partial charge in [-0.2, -0.15) is 9.78 Å². The van der Waals surface area contributed by atoms with Gasteiger partial charge in [0.1, 0.15) is 11.3 Å². The molecular weight excluding hydrogens is 550 g/mol. The molecule has 0 unspecified atom stereocenters. The first-order chi connectivity index (χ1) is 17.3. The van der Waals surface area contributed by atoms with E-state index in [-0.39, 0.29) is 11.4 Å². The molecule has 0 fully saturated rings. The number of carbonyl (C=O) groups is 1. The number of carboxylic acid groups (broad SMARTS) is 1. The summed E-state index contributed by atoms with van der Waals surface area (Å²) >= 11 is 9.50. The average molecular weight is 567 g/mol. The van der Waals surface area contributed by atoms with Crippen molar-refractivity contribution in [3.05, 3.63) is 92.1 Å². The van der Waals surface area contributed by atoms with Gasteiger partial charge in [-0.3, -0.25) is 4.79 Å². The molecule has 1 atom stereocenters. The Morgan fingerprint density at radius 2 is 2.00 bits per heavy atom. The van der Waals surface area contributed by atoms with E-state index in [1.807, 2.05) is 0 Å². The van der Waals surface area contributed by atoms with Gasteiger partial charge in [0.05, 0.1) is 21.6 Å². The largest absolute Gasteiger partial charge is 0.479 e. The molecule has 1 N–H and O–H groups in total. The molecule has 180 valence electrons. The third-order valence-electron chi connectivity index (χ3n) is 5.38. The van der Waals surface area contributed by atoms with E-state index in [2.05, 4.69) is 26.0 Å². The van der Waals surface area contributed by atoms with Gasteiger partial charge in [0, 0.05) is 10.4 Å². The van der Waals surface area contributed by atoms with Crippen molar-refractivity contribution in [2.24, 2.45) is 5.10 Å². The maximum Gasteiger partial charge on any atom is 0.344 e. The maximum absolute atomic E-state index is 13.4. The van der Waals surface area contributed by atoms with Gasteiger partial charge >= 0.3 is 5.97 Å². The second-order valence-electron chi connectivity index (χ2n) is 7.90. The molecule has 2 aromatic heterocycles. The predicted octanol–water partition coefficient (Wildman–Crippen LogP) is 5.96. The molecule has 2 heterocycles. The quantitative estimate of drug-likeness (QED) is 0.254. The molecule has 0 amide bonds. The first-order valence-electron chi connectivity index (χ1n) is 10.7. The number of hydrogen-bond donors (Lipinski definition) is 1. The Morgan fingerprint density at radius 1 is 1.19 bits per heavy atom. The topological polar surface area (TPSA) is 107 Å². The summed E-state index contributed by atoms with van der Waals surface area (Å²) in [5.74, 6) is -0.110. The molecule has 0 radical (unpaired) electrons. The van der Waals surface area contributed by atoms with E-state index < -0.39 is 12.1 Å². The minimum atomic E-state index is -1.07. The fraction of sp³-hybridized carbons (Fsp3) is 0.0769. The number of rotatable bonds is 6. The van der Waals surface area contributed by atoms with E-state index >= 15 is 0 Å². The molecule has 0 spiro atoms. The lowest BCUT2D eigenvalue weighted by molar-refractivity contribution is -0.144. The van der Waals surface area contributed by atoms with Crippen molar-refractivity contribution < 1.29 is 19.1 Å². The summed E-state index contributed by atoms with van der Waals surface area (Å²) in [6.07, 6.45) is 0.486. The Kier molecular flexibility index (Phi) is 6.34. The van der Waals surface area contributed by atoms with Crippen molar-refractivity contribution >= 4 is 61.6 Å². The number of benzene rings is 3. The van der Waals surface area contributed by atoms with Crippen molar-refractivity contribution in [1.29, 1.82) is 0 Å². The highest BCUT2D eigenvalue weighted by molar-refractivity contribution is 9.10. The Balaban J connectivity index is 1.59. The molecule has 0 aliphatic heterocycles. The normalized spacial score (nSPS) is 12.4. The van der Waals surface area contributed by atoms with Gasteiger partial charge in [-0.1, -0.05) is 23.7 Å². The van der Waals surface area contributed by atoms with Gasteiger partial charge in [-0.15, -0.1) is 0 Å². The zero-order valence-corrected chi connectivity index (χ0v) is 21.0. The number of fused-ring (bicyclic) bond motifs is 2. The number of carboxylic acids is 1. The highest BCUT2D eigenvalue weighted by Crippen LogP contribution is 2.29. The van der Waals surface area contributed by atoms with E-state index in [1.165, 1.54) is 17.8 Å². The van der Waals surface area contributed by atoms with Gasteiger partial charge in [0.2, 0.25) is 5.82 Å². The lowest BCUT2D eigenvalue weighted by atomic mass is 10.2. The molecule has 8 nitrogen and oxygen atoms in total. The van der Waals surface area contributed by atoms with E-state index in [4.69, 9.17) is 25.9 Å². The fourth-order valence-corrected chi connectivity index (χ4v) is 4.24. The fourth-order valence-electron chi connectivity index (χ4n) is 3.57. The van der Waals surface area contributed by atoms with Crippen molar-refractivity contribution in [2.75, 3.05) is 0 Å². The monoisotopic (exact) mass is 565 g/mol. The zero-order chi connectivity index (χ0) is 25.4. The third kappa shape index (κ3) is 4.62. The molecule has 0 bridgehead atoms. The minimum Gasteiger partial charge on any atom is -0.479 e. The van der Waals surface area contributed by atoms with Crippen LogP contribution in [-0.4, -0.2) is 33.1 Å². The second-order valence-corrected chi connectivity index (χ2v) is 9.19. The molecule has 0 aliphatic carbocycles. The summed E-state index contributed by atoms with van der Waals surface area (Å²) in [6.45, 7) is 1.44. The van der Waals surface area contributed by atoms with Gasteiger partial charge in [-0.25, -0.2) is 9.78 Å². The summed E-state index contributed by atoms with van der Waals surface area (Å²) in [7, 11) is 0. The van der Waals surface area contributed by atoms with Crippen LogP contribution in [0.3, 0.4) is 0 Å². The van der Waals surface area contributed by atoms with Crippen LogP contribution in [-0.2, 0) is 4.79 Å². The molecule has 5 aromatic rings. The van der Waals surface area contributed by atoms with E-state index in [0.29, 0.717) is 43.1 Å². The number of nitrogens with zero attached hydrogens (tertiary/aromatic N) is 3. The Labute approximate surface area is 217 Å². The Hall–Kier alpha value is -3.95. The first kappa shape index (κ1) is 23.8. The van der Waals surface area contributed by atoms with Crippen molar-refractivity contribution in [1.82, 2.24) is 9.66 Å². The molecule has 0 saturated heterocycles. The number of para-hydroxylation sites is 1. The number of hydrogen-bond acceptors (Lipinski definition) is 6. The summed E-state index contributed by atoms with van der Waals surface area (Å²) in [6, 6.07) is 19.0. The smallest absolute Gasteiger partial charge is 0.344 e. The number of halogens is 2. The van der Waals surface area contributed by atoms with Crippen LogP contribution < -0.4 is 10.3 Å². The van der Waals surface area contributed by atoms with Crippen LogP contribution in [0.5, 0.6) is 5.75 Å². The van der Waals surface area contributed by atoms with Crippen LogP contribution >= 0.6 is 27.5 Å². The number of aromatic nitrogens is 2. The van der Waals surface area contributed by atoms with Crippen LogP contribution in [0.1, 0.15) is 12.5 Å². The molecular formula is C26H17BrClN3O5. The summed E-state index contributed by atoms with van der Waals surface area (Å²) in [4.78, 5) is 29.1. The molecule has 5 rings (SSSR count). The summed E-state index contributed by atoms with van der Waals surface area (Å²) in [5, 5.41) is 15.2. The van der Waals surface area contributed by atoms with Gasteiger partial charge < -0.3 is 14.3 Å². The third-order valence-corrected chi connectivity index (χ3v) is 6.24. The van der Waals surface area contributed by atoms with Gasteiger partial charge in [0.15, 0.2) is 11.9 Å². The van der Waals surface area contributed by atoms with Crippen molar-refractivity contribution in [3.63, 3.8) is 0 Å². The SMILES string of the molecule is C[C@H](Oc1ccc(C=Nn2c(-c3cc4cc(Cl)ccc4o3)nc3ccccc3c2=O)cc1Br)C(=O)O. The lowest BCUT2D eigenvalue weighted by Crippen LogP contribution is -2.23. The van der Waals surface area contributed by atoms with Crippen LogP contribution in [0.4, 0.5) is 0 Å². The number of ether oxygens (including phenoxy) is 1. The van der Waals surface area contributed by atoms with E-state index in [9.17, 15) is 9.59 Å². The molecule has 0 saturated carbocycles. The summed E-state index contributed by atoms with van der Waals surface area (Å²) in [5.41, 5.74) is 1.39. The molecule has 3 aromatic carbocycles. The molecule has 10 heteroatoms. The van der Waals surface area contributed by atoms with Gasteiger partial charge in [0.25, 0.3) is 5.56 Å². The number of furan rings is 1. The van der Waals surface area contributed by atoms with Crippen LogP contribution in [0.25, 0.3) is 33.5 Å². The van der Waals surface area contributed by atoms with E-state index in [1.54, 1.807) is 66.7 Å². The van der Waals surface area contributed by atoms with Crippen molar-refractivity contribution in [3.8, 4) is 17.3 Å². The first-order valence-corrected chi connectivity index (χ1v) is 11.9. The average Bonchev–Trinajstić information content (AvgIpc) is 3.28. The minimum absolute atomic E-state index is 0.233. The second kappa shape index (κ2) is 9.60. The highest BCUT2D eigenvalue weighted by Gasteiger charge is 2.17. The predicted molar refractivity (Wildman–Crippen MR) is 141 cm³/mol. The van der Waals surface area contributed by atoms with Crippen LogP contribution in [0.2, 0.25) is 5.02 Å². The van der Waals surface area contributed by atoms with Crippen molar-refractivity contribution in [2.45, 2.75) is 13.0 Å². The van der Waals surface area contributed by atoms with Crippen LogP contribution in [0.15, 0.2) is 85.5 Å². The Bertz CT molecular complexity index is 1730. The lowest BCUT2D eigenvalue weighted by Gasteiger charge is -2.12. The van der Waals surface area contributed by atoms with Gasteiger partial charge in [-0.05, 0) is 83.0 Å².